The molecule has 4 amide bonds. The van der Waals surface area contributed by atoms with E-state index in [1.165, 1.54) is 37.4 Å². The molecule has 4 aliphatic rings. The number of fused-ring (bicyclic) bond motifs is 4. The molecule has 0 unspecified atom stereocenters. The minimum Gasteiger partial charge on any atom is -0.497 e. The molecule has 6 atom stereocenters. The van der Waals surface area contributed by atoms with Crippen molar-refractivity contribution in [3.8, 4) is 11.5 Å². The zero-order valence-corrected chi connectivity index (χ0v) is 31.4. The number of amides is 4. The first-order valence-electron chi connectivity index (χ1n) is 18.0. The summed E-state index contributed by atoms with van der Waals surface area (Å²) >= 11 is 12.7. The fourth-order valence-electron chi connectivity index (χ4n) is 9.17. The molecule has 8 rings (SSSR count). The van der Waals surface area contributed by atoms with Crippen LogP contribution >= 0.6 is 23.2 Å². The molecule has 0 spiro atoms. The van der Waals surface area contributed by atoms with E-state index in [2.05, 4.69) is 5.43 Å². The van der Waals surface area contributed by atoms with E-state index in [0.29, 0.717) is 27.6 Å². The van der Waals surface area contributed by atoms with Crippen LogP contribution in [-0.4, -0.2) is 65.1 Å². The second-order valence-corrected chi connectivity index (χ2v) is 15.1. The highest BCUT2D eigenvalue weighted by atomic mass is 35.5. The number of hydrogen-bond donors (Lipinski definition) is 3. The number of allylic oxidation sites excluding steroid dienone is 2. The second kappa shape index (κ2) is 14.4. The third-order valence-corrected chi connectivity index (χ3v) is 12.1. The molecular formula is C42H35Cl2N3O9. The standard InChI is InChI=1S/C42H35Cl2N3O9/c1-55-27-12-7-24(8-13-27)42-32(38(50)47(41(42)54)45-34-16-9-25(43)20-33(34)44)21-31-29(36(42)22-5-10-28(11-6-22)56-18-17-48)14-15-30-35(31)39(51)46(37(30)49)26-4-2-3-23(19-26)40(52)53/h2-14,16,19-20,30-32,35-36,45,48H,15,17-18,21H2,1H3,(H,52,53)/t30-,31+,32-,35-,36-,42+/m0/s1. The van der Waals surface area contributed by atoms with Crippen LogP contribution in [0.5, 0.6) is 11.5 Å². The predicted molar refractivity (Wildman–Crippen MR) is 206 cm³/mol. The molecule has 56 heavy (non-hydrogen) atoms. The summed E-state index contributed by atoms with van der Waals surface area (Å²) in [4.78, 5) is 72.0. The third-order valence-electron chi connectivity index (χ3n) is 11.5. The van der Waals surface area contributed by atoms with Crippen LogP contribution in [0.3, 0.4) is 0 Å². The Kier molecular flexibility index (Phi) is 9.60. The van der Waals surface area contributed by atoms with E-state index in [0.717, 1.165) is 15.5 Å². The lowest BCUT2D eigenvalue weighted by Crippen LogP contribution is -2.53. The van der Waals surface area contributed by atoms with E-state index < -0.39 is 64.6 Å². The number of aliphatic hydroxyl groups excluding tert-OH is 1. The van der Waals surface area contributed by atoms with Gasteiger partial charge >= 0.3 is 5.97 Å². The number of carboxylic acids is 1. The largest absolute Gasteiger partial charge is 0.497 e. The van der Waals surface area contributed by atoms with Gasteiger partial charge in [0.05, 0.1) is 58.8 Å². The maximum absolute atomic E-state index is 15.4. The molecule has 0 bridgehead atoms. The Morgan fingerprint density at radius 1 is 0.893 bits per heavy atom. The number of aromatic carboxylic acids is 1. The molecule has 286 valence electrons. The molecule has 4 aromatic rings. The fraction of sp³-hybridized carbons (Fsp3) is 0.262. The van der Waals surface area contributed by atoms with E-state index in [4.69, 9.17) is 32.7 Å². The van der Waals surface area contributed by atoms with Crippen LogP contribution in [0.25, 0.3) is 0 Å². The number of halogens is 2. The number of hydrazine groups is 1. The van der Waals surface area contributed by atoms with Crippen LogP contribution in [0, 0.1) is 23.7 Å². The molecular weight excluding hydrogens is 761 g/mol. The quantitative estimate of drug-likeness (QED) is 0.123. The number of benzene rings is 4. The number of methoxy groups -OCH3 is 1. The summed E-state index contributed by atoms with van der Waals surface area (Å²) in [6.45, 7) is -0.120. The van der Waals surface area contributed by atoms with E-state index in [1.807, 2.05) is 18.2 Å². The van der Waals surface area contributed by atoms with Crippen molar-refractivity contribution in [3.63, 3.8) is 0 Å². The van der Waals surface area contributed by atoms with Gasteiger partial charge in [0.25, 0.3) is 11.8 Å². The minimum absolute atomic E-state index is 0.0480. The monoisotopic (exact) mass is 795 g/mol. The van der Waals surface area contributed by atoms with Gasteiger partial charge in [-0.05, 0) is 90.6 Å². The second-order valence-electron chi connectivity index (χ2n) is 14.2. The highest BCUT2D eigenvalue weighted by Crippen LogP contribution is 2.64. The maximum Gasteiger partial charge on any atom is 0.335 e. The smallest absolute Gasteiger partial charge is 0.335 e. The highest BCUT2D eigenvalue weighted by molar-refractivity contribution is 6.36. The maximum atomic E-state index is 15.4. The molecule has 2 aliphatic heterocycles. The van der Waals surface area contributed by atoms with Gasteiger partial charge in [-0.1, -0.05) is 65.2 Å². The molecule has 0 radical (unpaired) electrons. The van der Waals surface area contributed by atoms with Crippen molar-refractivity contribution in [2.45, 2.75) is 24.2 Å². The van der Waals surface area contributed by atoms with Crippen molar-refractivity contribution < 1.29 is 43.7 Å². The topological polar surface area (TPSA) is 163 Å². The van der Waals surface area contributed by atoms with Gasteiger partial charge in [-0.3, -0.25) is 29.5 Å². The average Bonchev–Trinajstić information content (AvgIpc) is 3.58. The van der Waals surface area contributed by atoms with Gasteiger partial charge in [0.15, 0.2) is 0 Å². The molecule has 3 N–H and O–H groups in total. The summed E-state index contributed by atoms with van der Waals surface area (Å²) in [5.74, 6) is -6.40. The fourth-order valence-corrected chi connectivity index (χ4v) is 9.62. The lowest BCUT2D eigenvalue weighted by atomic mass is 9.49. The van der Waals surface area contributed by atoms with Crippen molar-refractivity contribution in [1.82, 2.24) is 5.01 Å². The summed E-state index contributed by atoms with van der Waals surface area (Å²) in [6.07, 6.45) is 2.16. The molecule has 14 heteroatoms. The average molecular weight is 797 g/mol. The number of imide groups is 2. The van der Waals surface area contributed by atoms with Crippen molar-refractivity contribution in [3.05, 3.63) is 129 Å². The van der Waals surface area contributed by atoms with E-state index in [-0.39, 0.29) is 48.0 Å². The van der Waals surface area contributed by atoms with Gasteiger partial charge in [-0.2, -0.15) is 5.01 Å². The Balaban J connectivity index is 1.30. The SMILES string of the molecule is COc1ccc([C@@]23C(=O)N(Nc4ccc(Cl)cc4Cl)C(=O)[C@@H]2C[C@@H]2C(=CC[C@@H]4C(=O)N(c5cccc(C(=O)O)c5)C(=O)[C@@H]42)[C@@H]3c2ccc(OCCO)cc2)cc1. The number of nitrogens with one attached hydrogen (secondary N) is 1. The Hall–Kier alpha value is -5.69. The molecule has 2 aliphatic carbocycles. The van der Waals surface area contributed by atoms with Crippen LogP contribution in [-0.2, 0) is 24.6 Å². The van der Waals surface area contributed by atoms with Crippen molar-refractivity contribution in [2.75, 3.05) is 30.6 Å². The van der Waals surface area contributed by atoms with Gasteiger partial charge in [0.1, 0.15) is 18.1 Å². The molecule has 4 aromatic carbocycles. The van der Waals surface area contributed by atoms with E-state index in [1.54, 1.807) is 48.5 Å². The van der Waals surface area contributed by atoms with E-state index in [9.17, 15) is 29.4 Å². The number of aliphatic hydroxyl groups is 1. The summed E-state index contributed by atoms with van der Waals surface area (Å²) in [5, 5.41) is 20.6. The Morgan fingerprint density at radius 2 is 1.62 bits per heavy atom. The summed E-state index contributed by atoms with van der Waals surface area (Å²) in [6, 6.07) is 24.4. The van der Waals surface area contributed by atoms with Gasteiger partial charge in [0, 0.05) is 10.9 Å². The first-order valence-corrected chi connectivity index (χ1v) is 18.7. The van der Waals surface area contributed by atoms with Crippen molar-refractivity contribution in [1.29, 1.82) is 0 Å². The molecule has 3 fully saturated rings. The summed E-state index contributed by atoms with van der Waals surface area (Å²) < 4.78 is 11.1. The number of anilines is 2. The lowest BCUT2D eigenvalue weighted by molar-refractivity contribution is -0.138. The van der Waals surface area contributed by atoms with Gasteiger partial charge in [0.2, 0.25) is 11.8 Å². The number of ether oxygens (including phenoxy) is 2. The van der Waals surface area contributed by atoms with Crippen molar-refractivity contribution >= 4 is 64.2 Å². The predicted octanol–water partition coefficient (Wildman–Crippen LogP) is 6.26. The zero-order valence-electron chi connectivity index (χ0n) is 29.9. The Bertz CT molecular complexity index is 2310. The van der Waals surface area contributed by atoms with Gasteiger partial charge in [-0.15, -0.1) is 0 Å². The van der Waals surface area contributed by atoms with Crippen LogP contribution in [0.15, 0.2) is 103 Å². The Labute approximate surface area is 331 Å². The Morgan fingerprint density at radius 3 is 2.30 bits per heavy atom. The van der Waals surface area contributed by atoms with Gasteiger partial charge < -0.3 is 19.7 Å². The number of carbonyl (C=O) groups excluding carboxylic acids is 4. The first kappa shape index (κ1) is 37.2. The minimum atomic E-state index is -1.56. The summed E-state index contributed by atoms with van der Waals surface area (Å²) in [7, 11) is 1.53. The molecule has 2 heterocycles. The normalized spacial score (nSPS) is 25.4. The number of carbonyl (C=O) groups is 5. The van der Waals surface area contributed by atoms with Crippen LogP contribution in [0.4, 0.5) is 11.4 Å². The molecule has 12 nitrogen and oxygen atoms in total. The van der Waals surface area contributed by atoms with Crippen LogP contribution in [0.2, 0.25) is 10.0 Å². The van der Waals surface area contributed by atoms with Gasteiger partial charge in [-0.25, -0.2) is 4.79 Å². The number of rotatable bonds is 10. The van der Waals surface area contributed by atoms with Crippen LogP contribution < -0.4 is 19.8 Å². The number of carboxylic acid groups (broad SMARTS) is 1. The highest BCUT2D eigenvalue weighted by Gasteiger charge is 2.70. The first-order chi connectivity index (χ1) is 27.0. The zero-order chi connectivity index (χ0) is 39.5. The molecule has 0 aromatic heterocycles. The lowest BCUT2D eigenvalue weighted by Gasteiger charge is -2.50. The molecule has 1 saturated carbocycles. The van der Waals surface area contributed by atoms with Crippen molar-refractivity contribution in [2.24, 2.45) is 23.7 Å². The number of hydrogen-bond acceptors (Lipinski definition) is 9. The third kappa shape index (κ3) is 5.82. The molecule has 2 saturated heterocycles. The summed E-state index contributed by atoms with van der Waals surface area (Å²) in [5.41, 5.74) is 3.71. The number of nitrogens with zero attached hydrogens (tertiary/aromatic N) is 2. The van der Waals surface area contributed by atoms with Crippen LogP contribution in [0.1, 0.15) is 40.2 Å². The van der Waals surface area contributed by atoms with E-state index >= 15 is 4.79 Å².